The second-order valence-corrected chi connectivity index (χ2v) is 7.23. The van der Waals surface area contributed by atoms with Gasteiger partial charge in [-0.15, -0.1) is 0 Å². The summed E-state index contributed by atoms with van der Waals surface area (Å²) < 4.78 is 0. The number of aromatic carboxylic acids is 1. The molecular weight excluding hydrogens is 290 g/mol. The summed E-state index contributed by atoms with van der Waals surface area (Å²) in [6.07, 6.45) is 10.8. The van der Waals surface area contributed by atoms with Crippen LogP contribution in [-0.4, -0.2) is 29.3 Å². The van der Waals surface area contributed by atoms with Crippen LogP contribution in [0.25, 0.3) is 0 Å². The maximum atomic E-state index is 11.6. The van der Waals surface area contributed by atoms with Crippen molar-refractivity contribution in [1.82, 2.24) is 0 Å². The van der Waals surface area contributed by atoms with E-state index >= 15 is 0 Å². The first-order valence-corrected chi connectivity index (χ1v) is 8.36. The summed E-state index contributed by atoms with van der Waals surface area (Å²) in [7, 11) is 0. The van der Waals surface area contributed by atoms with Crippen LogP contribution in [0.15, 0.2) is 30.4 Å². The molecule has 2 heterocycles. The topological polar surface area (TPSA) is 60.8 Å². The van der Waals surface area contributed by atoms with E-state index in [-0.39, 0.29) is 17.2 Å². The highest BCUT2D eigenvalue weighted by atomic mass is 16.4. The predicted molar refractivity (Wildman–Crippen MR) is 87.3 cm³/mol. The number of phenols is 1. The predicted octanol–water partition coefficient (Wildman–Crippen LogP) is 3.24. The van der Waals surface area contributed by atoms with Crippen molar-refractivity contribution in [1.29, 1.82) is 0 Å². The van der Waals surface area contributed by atoms with Gasteiger partial charge in [-0.05, 0) is 36.3 Å². The lowest BCUT2D eigenvalue weighted by Crippen LogP contribution is -2.43. The van der Waals surface area contributed by atoms with E-state index < -0.39 is 5.97 Å². The van der Waals surface area contributed by atoms with E-state index in [1.54, 1.807) is 6.07 Å². The van der Waals surface area contributed by atoms with E-state index in [0.717, 1.165) is 42.7 Å². The molecule has 0 spiro atoms. The summed E-state index contributed by atoms with van der Waals surface area (Å²) in [5.74, 6) is 0.370. The van der Waals surface area contributed by atoms with Gasteiger partial charge in [0.05, 0.1) is 0 Å². The monoisotopic (exact) mass is 309 g/mol. The lowest BCUT2D eigenvalue weighted by atomic mass is 9.74. The number of fused-ring (bicyclic) bond motifs is 4. The molecule has 4 heteroatoms. The zero-order chi connectivity index (χ0) is 15.7. The number of anilines is 1. The molecule has 0 bridgehead atoms. The minimum Gasteiger partial charge on any atom is -0.507 e. The first kappa shape index (κ1) is 13.2. The Morgan fingerprint density at radius 2 is 1.74 bits per heavy atom. The van der Waals surface area contributed by atoms with Crippen molar-refractivity contribution < 1.29 is 15.0 Å². The third-order valence-electron chi connectivity index (χ3n) is 6.07. The van der Waals surface area contributed by atoms with Gasteiger partial charge in [-0.25, -0.2) is 4.79 Å². The van der Waals surface area contributed by atoms with Crippen LogP contribution in [0.5, 0.6) is 5.75 Å². The SMILES string of the molecule is O=C(O)c1cc2c3c(c1O)C1C=CCC1CN3CC1CC=CC21. The zero-order valence-electron chi connectivity index (χ0n) is 12.8. The van der Waals surface area contributed by atoms with E-state index in [4.69, 9.17) is 0 Å². The van der Waals surface area contributed by atoms with Gasteiger partial charge in [-0.2, -0.15) is 0 Å². The second-order valence-electron chi connectivity index (χ2n) is 7.23. The standard InChI is InChI=1S/C19H19NO3/c21-18-15(19(22)23)7-14-12-5-1-3-10(12)8-20-9-11-4-2-6-13(11)16(18)17(14)20/h1-2,5-7,10-13,21H,3-4,8-9H2,(H,22,23). The van der Waals surface area contributed by atoms with Crippen LogP contribution in [0, 0.1) is 11.8 Å². The van der Waals surface area contributed by atoms with Crippen LogP contribution >= 0.6 is 0 Å². The number of carbonyl (C=O) groups is 1. The molecule has 0 aromatic heterocycles. The Morgan fingerprint density at radius 3 is 2.43 bits per heavy atom. The molecular formula is C19H19NO3. The number of hydrogen-bond acceptors (Lipinski definition) is 3. The summed E-state index contributed by atoms with van der Waals surface area (Å²) >= 11 is 0. The molecule has 23 heavy (non-hydrogen) atoms. The third kappa shape index (κ3) is 1.64. The summed E-state index contributed by atoms with van der Waals surface area (Å²) in [5.41, 5.74) is 3.11. The number of nitrogens with zero attached hydrogens (tertiary/aromatic N) is 1. The fraction of sp³-hybridized carbons (Fsp3) is 0.421. The normalized spacial score (nSPS) is 32.6. The van der Waals surface area contributed by atoms with E-state index in [1.807, 2.05) is 0 Å². The maximum absolute atomic E-state index is 11.6. The first-order valence-electron chi connectivity index (χ1n) is 8.36. The fourth-order valence-corrected chi connectivity index (χ4v) is 5.09. The summed E-state index contributed by atoms with van der Waals surface area (Å²) in [5, 5.41) is 20.2. The summed E-state index contributed by atoms with van der Waals surface area (Å²) in [6.45, 7) is 2.01. The van der Waals surface area contributed by atoms with Crippen molar-refractivity contribution in [3.05, 3.63) is 47.1 Å². The van der Waals surface area contributed by atoms with E-state index in [0.29, 0.717) is 17.8 Å². The molecule has 4 unspecified atom stereocenters. The van der Waals surface area contributed by atoms with Crippen molar-refractivity contribution in [3.63, 3.8) is 0 Å². The molecule has 4 atom stereocenters. The van der Waals surface area contributed by atoms with Crippen molar-refractivity contribution in [2.24, 2.45) is 11.8 Å². The van der Waals surface area contributed by atoms with Gasteiger partial charge in [0, 0.05) is 36.2 Å². The Balaban J connectivity index is 1.81. The van der Waals surface area contributed by atoms with Gasteiger partial charge >= 0.3 is 5.97 Å². The van der Waals surface area contributed by atoms with Gasteiger partial charge in [-0.3, -0.25) is 0 Å². The highest BCUT2D eigenvalue weighted by Gasteiger charge is 2.44. The van der Waals surface area contributed by atoms with Crippen molar-refractivity contribution in [2.45, 2.75) is 24.7 Å². The molecule has 2 aliphatic heterocycles. The molecule has 0 amide bonds. The van der Waals surface area contributed by atoms with Crippen molar-refractivity contribution in [2.75, 3.05) is 18.0 Å². The largest absolute Gasteiger partial charge is 0.507 e. The Morgan fingerprint density at radius 1 is 1.09 bits per heavy atom. The van der Waals surface area contributed by atoms with E-state index in [1.165, 1.54) is 0 Å². The summed E-state index contributed by atoms with van der Waals surface area (Å²) in [6, 6.07) is 1.72. The Bertz CT molecular complexity index is 777. The Labute approximate surface area is 134 Å². The molecule has 2 aliphatic carbocycles. The molecule has 1 aromatic rings. The van der Waals surface area contributed by atoms with Crippen molar-refractivity contribution in [3.8, 4) is 5.75 Å². The van der Waals surface area contributed by atoms with E-state index in [2.05, 4.69) is 29.2 Å². The van der Waals surface area contributed by atoms with E-state index in [9.17, 15) is 15.0 Å². The highest BCUT2D eigenvalue weighted by molar-refractivity contribution is 5.94. The number of allylic oxidation sites excluding steroid dienone is 4. The number of carboxylic acid groups (broad SMARTS) is 1. The van der Waals surface area contributed by atoms with Gasteiger partial charge in [0.15, 0.2) is 0 Å². The Kier molecular flexibility index (Phi) is 2.53. The summed E-state index contributed by atoms with van der Waals surface area (Å²) in [4.78, 5) is 14.1. The lowest BCUT2D eigenvalue weighted by Gasteiger charge is -2.46. The smallest absolute Gasteiger partial charge is 0.339 e. The maximum Gasteiger partial charge on any atom is 0.339 e. The number of rotatable bonds is 1. The Hall–Kier alpha value is -2.23. The zero-order valence-corrected chi connectivity index (χ0v) is 12.8. The number of benzene rings is 1. The molecule has 0 fully saturated rings. The molecule has 4 aliphatic rings. The minimum absolute atomic E-state index is 0.0251. The average molecular weight is 309 g/mol. The van der Waals surface area contributed by atoms with Crippen LogP contribution in [0.1, 0.15) is 46.2 Å². The van der Waals surface area contributed by atoms with Gasteiger partial charge < -0.3 is 15.1 Å². The number of hydrogen-bond donors (Lipinski definition) is 2. The van der Waals surface area contributed by atoms with Gasteiger partial charge in [0.2, 0.25) is 0 Å². The minimum atomic E-state index is -1.04. The molecule has 2 N–H and O–H groups in total. The lowest BCUT2D eigenvalue weighted by molar-refractivity contribution is 0.0693. The number of carboxylic acids is 1. The van der Waals surface area contributed by atoms with Crippen LogP contribution in [-0.2, 0) is 0 Å². The van der Waals surface area contributed by atoms with Gasteiger partial charge in [0.25, 0.3) is 0 Å². The third-order valence-corrected chi connectivity index (χ3v) is 6.07. The van der Waals surface area contributed by atoms with Crippen LogP contribution in [0.3, 0.4) is 0 Å². The first-order chi connectivity index (χ1) is 11.1. The average Bonchev–Trinajstić information content (AvgIpc) is 3.16. The quantitative estimate of drug-likeness (QED) is 0.782. The van der Waals surface area contributed by atoms with Crippen LogP contribution in [0.4, 0.5) is 5.69 Å². The van der Waals surface area contributed by atoms with Crippen LogP contribution in [0.2, 0.25) is 0 Å². The van der Waals surface area contributed by atoms with Gasteiger partial charge in [0.1, 0.15) is 11.3 Å². The molecule has 5 rings (SSSR count). The van der Waals surface area contributed by atoms with Crippen LogP contribution < -0.4 is 4.90 Å². The number of aromatic hydroxyl groups is 1. The van der Waals surface area contributed by atoms with Gasteiger partial charge in [-0.1, -0.05) is 24.3 Å². The molecule has 0 saturated carbocycles. The molecule has 0 saturated heterocycles. The molecule has 4 nitrogen and oxygen atoms in total. The second kappa shape index (κ2) is 4.40. The van der Waals surface area contributed by atoms with Crippen molar-refractivity contribution >= 4 is 11.7 Å². The molecule has 1 aromatic carbocycles. The molecule has 0 radical (unpaired) electrons. The highest BCUT2D eigenvalue weighted by Crippen LogP contribution is 2.56. The molecule has 118 valence electrons. The fourth-order valence-electron chi connectivity index (χ4n) is 5.09.